The van der Waals surface area contributed by atoms with E-state index in [4.69, 9.17) is 0 Å². The molecular weight excluding hydrogens is 248 g/mol. The van der Waals surface area contributed by atoms with Gasteiger partial charge in [0.2, 0.25) is 0 Å². The Kier molecular flexibility index (Phi) is 3.93. The van der Waals surface area contributed by atoms with Gasteiger partial charge < -0.3 is 4.98 Å². The number of imidazole rings is 1. The number of alkyl halides is 2. The lowest BCUT2D eigenvalue weighted by Crippen LogP contribution is -1.95. The topological polar surface area (TPSA) is 41.6 Å². The van der Waals surface area contributed by atoms with Gasteiger partial charge in [0.05, 0.1) is 5.92 Å². The van der Waals surface area contributed by atoms with E-state index in [1.165, 1.54) is 0 Å². The number of pyridine rings is 1. The zero-order valence-electron chi connectivity index (χ0n) is 11.0. The van der Waals surface area contributed by atoms with Gasteiger partial charge in [-0.1, -0.05) is 13.8 Å². The minimum absolute atomic E-state index is 0.0881. The van der Waals surface area contributed by atoms with Crippen LogP contribution in [0.15, 0.2) is 30.7 Å². The summed E-state index contributed by atoms with van der Waals surface area (Å²) in [6.45, 7) is 4.00. The molecule has 19 heavy (non-hydrogen) atoms. The van der Waals surface area contributed by atoms with Crippen molar-refractivity contribution in [3.05, 3.63) is 47.8 Å². The molecule has 0 amide bonds. The first-order chi connectivity index (χ1) is 9.15. The molecule has 2 heterocycles. The van der Waals surface area contributed by atoms with E-state index in [0.717, 1.165) is 11.3 Å². The molecule has 1 N–H and O–H groups in total. The minimum Gasteiger partial charge on any atom is -0.345 e. The highest BCUT2D eigenvalue weighted by atomic mass is 19.3. The van der Waals surface area contributed by atoms with Crippen molar-refractivity contribution in [3.8, 4) is 0 Å². The number of rotatable bonds is 3. The molecule has 3 nitrogen and oxygen atoms in total. The molecule has 0 spiro atoms. The third kappa shape index (κ3) is 3.16. The number of hydrogen-bond donors (Lipinski definition) is 1. The molecule has 1 unspecified atom stereocenters. The molecule has 1 saturated carbocycles. The van der Waals surface area contributed by atoms with Crippen LogP contribution in [0.2, 0.25) is 0 Å². The van der Waals surface area contributed by atoms with Crippen molar-refractivity contribution < 1.29 is 8.78 Å². The summed E-state index contributed by atoms with van der Waals surface area (Å²) in [5.74, 6) is -2.88. The van der Waals surface area contributed by atoms with Crippen molar-refractivity contribution >= 4 is 0 Å². The van der Waals surface area contributed by atoms with Crippen LogP contribution < -0.4 is 0 Å². The summed E-state index contributed by atoms with van der Waals surface area (Å²) < 4.78 is 25.7. The van der Waals surface area contributed by atoms with Crippen LogP contribution in [0.1, 0.15) is 43.3 Å². The first kappa shape index (κ1) is 13.6. The summed E-state index contributed by atoms with van der Waals surface area (Å²) >= 11 is 0. The molecule has 3 rings (SSSR count). The third-order valence-corrected chi connectivity index (χ3v) is 2.95. The predicted molar refractivity (Wildman–Crippen MR) is 69.3 cm³/mol. The summed E-state index contributed by atoms with van der Waals surface area (Å²) in [4.78, 5) is 10.9. The highest BCUT2D eigenvalue weighted by molar-refractivity contribution is 5.22. The zero-order chi connectivity index (χ0) is 13.9. The van der Waals surface area contributed by atoms with Gasteiger partial charge in [0.15, 0.2) is 0 Å². The Balaban J connectivity index is 0.000000637. The van der Waals surface area contributed by atoms with E-state index in [1.807, 2.05) is 26.0 Å². The monoisotopic (exact) mass is 265 g/mol. The Bertz CT molecular complexity index is 522. The molecule has 0 aliphatic heterocycles. The number of aromatic amines is 1. The zero-order valence-corrected chi connectivity index (χ0v) is 11.0. The number of nitrogens with zero attached hydrogens (tertiary/aromatic N) is 2. The van der Waals surface area contributed by atoms with Crippen LogP contribution >= 0.6 is 0 Å². The fraction of sp³-hybridized carbons (Fsp3) is 0.429. The maximum Gasteiger partial charge on any atom is 0.259 e. The summed E-state index contributed by atoms with van der Waals surface area (Å²) in [7, 11) is 0. The smallest absolute Gasteiger partial charge is 0.259 e. The number of nitrogens with one attached hydrogen (secondary N) is 1. The van der Waals surface area contributed by atoms with Gasteiger partial charge in [-0.25, -0.2) is 13.8 Å². The van der Waals surface area contributed by atoms with Crippen molar-refractivity contribution in [2.45, 2.75) is 38.5 Å². The van der Waals surface area contributed by atoms with Crippen LogP contribution in [0.5, 0.6) is 0 Å². The predicted octanol–water partition coefficient (Wildman–Crippen LogP) is 3.54. The third-order valence-electron chi connectivity index (χ3n) is 2.95. The first-order valence-corrected chi connectivity index (χ1v) is 6.46. The van der Waals surface area contributed by atoms with Crippen molar-refractivity contribution in [2.24, 2.45) is 0 Å². The SMILES string of the molecule is CC.FC1(F)CC1c1ncc(Cc2ccncc2)[nH]1. The molecule has 1 aliphatic carbocycles. The quantitative estimate of drug-likeness (QED) is 0.922. The van der Waals surface area contributed by atoms with Crippen molar-refractivity contribution in [2.75, 3.05) is 0 Å². The maximum atomic E-state index is 12.8. The summed E-state index contributed by atoms with van der Waals surface area (Å²) in [6.07, 6.45) is 5.62. The van der Waals surface area contributed by atoms with Crippen LogP contribution in [0.4, 0.5) is 8.78 Å². The summed E-state index contributed by atoms with van der Waals surface area (Å²) in [5.41, 5.74) is 1.94. The number of halogens is 2. The van der Waals surface area contributed by atoms with Gasteiger partial charge in [0, 0.05) is 37.1 Å². The molecule has 0 saturated heterocycles. The van der Waals surface area contributed by atoms with Crippen LogP contribution in [0.25, 0.3) is 0 Å². The second-order valence-corrected chi connectivity index (χ2v) is 4.34. The first-order valence-electron chi connectivity index (χ1n) is 6.46. The van der Waals surface area contributed by atoms with Crippen molar-refractivity contribution in [1.82, 2.24) is 15.0 Å². The van der Waals surface area contributed by atoms with Crippen LogP contribution in [0.3, 0.4) is 0 Å². The Labute approximate surface area is 111 Å². The van der Waals surface area contributed by atoms with Gasteiger partial charge >= 0.3 is 0 Å². The highest BCUT2D eigenvalue weighted by Crippen LogP contribution is 2.54. The lowest BCUT2D eigenvalue weighted by molar-refractivity contribution is 0.111. The molecule has 5 heteroatoms. The highest BCUT2D eigenvalue weighted by Gasteiger charge is 2.59. The van der Waals surface area contributed by atoms with Crippen molar-refractivity contribution in [3.63, 3.8) is 0 Å². The molecule has 2 aromatic rings. The van der Waals surface area contributed by atoms with Gasteiger partial charge in [-0.15, -0.1) is 0 Å². The average molecular weight is 265 g/mol. The minimum atomic E-state index is -2.56. The van der Waals surface area contributed by atoms with E-state index in [0.29, 0.717) is 12.2 Å². The Morgan fingerprint density at radius 2 is 1.95 bits per heavy atom. The van der Waals surface area contributed by atoms with Crippen LogP contribution in [-0.2, 0) is 6.42 Å². The van der Waals surface area contributed by atoms with Crippen LogP contribution in [0, 0.1) is 0 Å². The van der Waals surface area contributed by atoms with Gasteiger partial charge in [0.1, 0.15) is 5.82 Å². The number of H-pyrrole nitrogens is 1. The van der Waals surface area contributed by atoms with E-state index >= 15 is 0 Å². The molecule has 102 valence electrons. The molecule has 1 atom stereocenters. The molecule has 0 radical (unpaired) electrons. The van der Waals surface area contributed by atoms with Crippen molar-refractivity contribution in [1.29, 1.82) is 0 Å². The number of hydrogen-bond acceptors (Lipinski definition) is 2. The molecule has 2 aromatic heterocycles. The second kappa shape index (κ2) is 5.47. The molecule has 0 bridgehead atoms. The number of aromatic nitrogens is 3. The van der Waals surface area contributed by atoms with Crippen LogP contribution in [-0.4, -0.2) is 20.9 Å². The normalized spacial score (nSPS) is 19.5. The Morgan fingerprint density at radius 1 is 1.32 bits per heavy atom. The molecule has 1 fully saturated rings. The van der Waals surface area contributed by atoms with E-state index in [1.54, 1.807) is 18.6 Å². The summed E-state index contributed by atoms with van der Waals surface area (Å²) in [5, 5.41) is 0. The Hall–Kier alpha value is -1.78. The maximum absolute atomic E-state index is 12.8. The Morgan fingerprint density at radius 3 is 2.53 bits per heavy atom. The van der Waals surface area contributed by atoms with E-state index < -0.39 is 11.8 Å². The van der Waals surface area contributed by atoms with Gasteiger partial charge in [-0.2, -0.15) is 0 Å². The lowest BCUT2D eigenvalue weighted by atomic mass is 10.2. The standard InChI is InChI=1S/C12H11F2N3.C2H6/c13-12(14)6-10(12)11-16-7-9(17-11)5-8-1-3-15-4-2-8;1-2/h1-4,7,10H,5-6H2,(H,16,17);1-2H3. The van der Waals surface area contributed by atoms with Gasteiger partial charge in [0.25, 0.3) is 5.92 Å². The average Bonchev–Trinajstić information content (AvgIpc) is 2.86. The fourth-order valence-corrected chi connectivity index (χ4v) is 1.87. The lowest BCUT2D eigenvalue weighted by Gasteiger charge is -1.97. The van der Waals surface area contributed by atoms with E-state index in [-0.39, 0.29) is 6.42 Å². The van der Waals surface area contributed by atoms with E-state index in [2.05, 4.69) is 15.0 Å². The van der Waals surface area contributed by atoms with E-state index in [9.17, 15) is 8.78 Å². The van der Waals surface area contributed by atoms with Gasteiger partial charge in [-0.3, -0.25) is 4.98 Å². The second-order valence-electron chi connectivity index (χ2n) is 4.34. The largest absolute Gasteiger partial charge is 0.345 e. The van der Waals surface area contributed by atoms with Gasteiger partial charge in [-0.05, 0) is 17.7 Å². The summed E-state index contributed by atoms with van der Waals surface area (Å²) in [6, 6.07) is 3.79. The molecule has 0 aromatic carbocycles. The molecular formula is C14H17F2N3. The fourth-order valence-electron chi connectivity index (χ4n) is 1.87. The molecule has 1 aliphatic rings.